The van der Waals surface area contributed by atoms with Gasteiger partial charge in [0.2, 0.25) is 0 Å². The molecule has 3 aromatic rings. The molecule has 3 rings (SSSR count). The number of aromatic nitrogens is 2. The Kier molecular flexibility index (Phi) is 4.42. The van der Waals surface area contributed by atoms with E-state index in [2.05, 4.69) is 15.3 Å². The van der Waals surface area contributed by atoms with Gasteiger partial charge in [-0.25, -0.2) is 18.7 Å². The summed E-state index contributed by atoms with van der Waals surface area (Å²) in [6, 6.07) is 10.8. The summed E-state index contributed by atoms with van der Waals surface area (Å²) in [5.74, 6) is -1.63. The van der Waals surface area contributed by atoms with Crippen molar-refractivity contribution in [3.05, 3.63) is 78.1 Å². The van der Waals surface area contributed by atoms with Crippen molar-refractivity contribution in [1.29, 1.82) is 0 Å². The molecule has 120 valence electrons. The van der Waals surface area contributed by atoms with Gasteiger partial charge in [-0.2, -0.15) is 0 Å². The van der Waals surface area contributed by atoms with Gasteiger partial charge < -0.3 is 10.1 Å². The van der Waals surface area contributed by atoms with Gasteiger partial charge in [0, 0.05) is 24.0 Å². The van der Waals surface area contributed by atoms with Crippen LogP contribution in [0.15, 0.2) is 60.9 Å². The van der Waals surface area contributed by atoms with E-state index < -0.39 is 17.5 Å². The number of hydrogen-bond acceptors (Lipinski definition) is 4. The van der Waals surface area contributed by atoms with Crippen molar-refractivity contribution < 1.29 is 18.3 Å². The standard InChI is InChI=1S/C17H11F2N3O2/c18-12-5-6-14(19)15(10-12)22-16(23)11-3-1-4-13(9-11)24-17-20-7-2-8-21-17/h1-10H,(H,22,23). The molecule has 1 N–H and O–H groups in total. The largest absolute Gasteiger partial charge is 0.424 e. The van der Waals surface area contributed by atoms with E-state index in [1.807, 2.05) is 0 Å². The smallest absolute Gasteiger partial charge is 0.321 e. The number of hydrogen-bond donors (Lipinski definition) is 1. The highest BCUT2D eigenvalue weighted by Crippen LogP contribution is 2.20. The molecule has 0 bridgehead atoms. The highest BCUT2D eigenvalue weighted by atomic mass is 19.1. The molecule has 0 aliphatic heterocycles. The minimum absolute atomic E-state index is 0.131. The maximum absolute atomic E-state index is 13.6. The Morgan fingerprint density at radius 2 is 1.79 bits per heavy atom. The molecular formula is C17H11F2N3O2. The first-order valence-corrected chi connectivity index (χ1v) is 6.93. The summed E-state index contributed by atoms with van der Waals surface area (Å²) in [6.45, 7) is 0. The first-order chi connectivity index (χ1) is 11.6. The van der Waals surface area contributed by atoms with Crippen molar-refractivity contribution in [2.24, 2.45) is 0 Å². The van der Waals surface area contributed by atoms with Crippen LogP contribution in [0.4, 0.5) is 14.5 Å². The SMILES string of the molecule is O=C(Nc1cc(F)ccc1F)c1cccc(Oc2ncccn2)c1. The topological polar surface area (TPSA) is 64.1 Å². The lowest BCUT2D eigenvalue weighted by atomic mass is 10.2. The van der Waals surface area contributed by atoms with E-state index in [0.29, 0.717) is 5.75 Å². The number of halogens is 2. The molecule has 0 aliphatic rings. The summed E-state index contributed by atoms with van der Waals surface area (Å²) >= 11 is 0. The molecule has 24 heavy (non-hydrogen) atoms. The van der Waals surface area contributed by atoms with E-state index in [0.717, 1.165) is 18.2 Å². The average molecular weight is 327 g/mol. The van der Waals surface area contributed by atoms with Crippen LogP contribution in [0.5, 0.6) is 11.8 Å². The van der Waals surface area contributed by atoms with Crippen LogP contribution in [-0.2, 0) is 0 Å². The van der Waals surface area contributed by atoms with Crippen LogP contribution in [0, 0.1) is 11.6 Å². The summed E-state index contributed by atoms with van der Waals surface area (Å²) in [7, 11) is 0. The molecule has 0 atom stereocenters. The van der Waals surface area contributed by atoms with Crippen LogP contribution in [-0.4, -0.2) is 15.9 Å². The molecule has 0 fully saturated rings. The van der Waals surface area contributed by atoms with Crippen molar-refractivity contribution in [3.63, 3.8) is 0 Å². The van der Waals surface area contributed by atoms with Crippen LogP contribution in [0.2, 0.25) is 0 Å². The molecule has 0 unspecified atom stereocenters. The number of anilines is 1. The van der Waals surface area contributed by atoms with Crippen molar-refractivity contribution >= 4 is 11.6 Å². The van der Waals surface area contributed by atoms with Crippen LogP contribution >= 0.6 is 0 Å². The monoisotopic (exact) mass is 327 g/mol. The zero-order chi connectivity index (χ0) is 16.9. The number of nitrogens with zero attached hydrogens (tertiary/aromatic N) is 2. The molecule has 0 radical (unpaired) electrons. The quantitative estimate of drug-likeness (QED) is 0.791. The Balaban J connectivity index is 1.78. The lowest BCUT2D eigenvalue weighted by Gasteiger charge is -2.08. The predicted octanol–water partition coefficient (Wildman–Crippen LogP) is 3.80. The number of benzene rings is 2. The third-order valence-electron chi connectivity index (χ3n) is 3.02. The molecule has 2 aromatic carbocycles. The third-order valence-corrected chi connectivity index (χ3v) is 3.02. The van der Waals surface area contributed by atoms with Gasteiger partial charge in [-0.05, 0) is 36.4 Å². The second kappa shape index (κ2) is 6.82. The fraction of sp³-hybridized carbons (Fsp3) is 0. The highest BCUT2D eigenvalue weighted by Gasteiger charge is 2.11. The molecule has 0 saturated carbocycles. The minimum Gasteiger partial charge on any atom is -0.424 e. The van der Waals surface area contributed by atoms with E-state index in [1.165, 1.54) is 24.5 Å². The summed E-state index contributed by atoms with van der Waals surface area (Å²) < 4.78 is 32.2. The van der Waals surface area contributed by atoms with Gasteiger partial charge >= 0.3 is 6.01 Å². The number of rotatable bonds is 4. The first kappa shape index (κ1) is 15.5. The van der Waals surface area contributed by atoms with E-state index in [9.17, 15) is 13.6 Å². The molecule has 1 amide bonds. The van der Waals surface area contributed by atoms with Crippen molar-refractivity contribution in [2.75, 3.05) is 5.32 Å². The molecule has 7 heteroatoms. The molecule has 1 heterocycles. The second-order valence-corrected chi connectivity index (χ2v) is 4.74. The minimum atomic E-state index is -0.727. The number of carbonyl (C=O) groups is 1. The van der Waals surface area contributed by atoms with Crippen LogP contribution in [0.1, 0.15) is 10.4 Å². The molecule has 1 aromatic heterocycles. The van der Waals surface area contributed by atoms with Gasteiger partial charge in [-0.15, -0.1) is 0 Å². The van der Waals surface area contributed by atoms with Crippen LogP contribution in [0.3, 0.4) is 0 Å². The molecule has 5 nitrogen and oxygen atoms in total. The fourth-order valence-electron chi connectivity index (χ4n) is 1.93. The summed E-state index contributed by atoms with van der Waals surface area (Å²) in [5, 5.41) is 2.32. The van der Waals surface area contributed by atoms with Gasteiger partial charge in [0.15, 0.2) is 0 Å². The Morgan fingerprint density at radius 3 is 2.58 bits per heavy atom. The van der Waals surface area contributed by atoms with Gasteiger partial charge in [0.05, 0.1) is 5.69 Å². The van der Waals surface area contributed by atoms with E-state index in [-0.39, 0.29) is 17.3 Å². The summed E-state index contributed by atoms with van der Waals surface area (Å²) in [6.07, 6.45) is 3.04. The van der Waals surface area contributed by atoms with Crippen molar-refractivity contribution in [2.45, 2.75) is 0 Å². The molecular weight excluding hydrogens is 316 g/mol. The third kappa shape index (κ3) is 3.70. The maximum Gasteiger partial charge on any atom is 0.321 e. The lowest BCUT2D eigenvalue weighted by molar-refractivity contribution is 0.102. The summed E-state index contributed by atoms with van der Waals surface area (Å²) in [4.78, 5) is 20.0. The Bertz CT molecular complexity index is 873. The Hall–Kier alpha value is -3.35. The Labute approximate surface area is 136 Å². The molecule has 0 saturated heterocycles. The Morgan fingerprint density at radius 1 is 1.00 bits per heavy atom. The van der Waals surface area contributed by atoms with Crippen molar-refractivity contribution in [1.82, 2.24) is 9.97 Å². The molecule has 0 aliphatic carbocycles. The second-order valence-electron chi connectivity index (χ2n) is 4.74. The highest BCUT2D eigenvalue weighted by molar-refractivity contribution is 6.04. The zero-order valence-corrected chi connectivity index (χ0v) is 12.2. The zero-order valence-electron chi connectivity index (χ0n) is 12.2. The molecule has 0 spiro atoms. The number of nitrogens with one attached hydrogen (secondary N) is 1. The number of carbonyl (C=O) groups excluding carboxylic acids is 1. The average Bonchev–Trinajstić information content (AvgIpc) is 2.59. The van der Waals surface area contributed by atoms with Crippen LogP contribution in [0.25, 0.3) is 0 Å². The van der Waals surface area contributed by atoms with Crippen LogP contribution < -0.4 is 10.1 Å². The van der Waals surface area contributed by atoms with Gasteiger partial charge in [-0.3, -0.25) is 4.79 Å². The number of ether oxygens (including phenoxy) is 1. The maximum atomic E-state index is 13.6. The van der Waals surface area contributed by atoms with Gasteiger partial charge in [0.1, 0.15) is 17.4 Å². The van der Waals surface area contributed by atoms with Gasteiger partial charge in [0.25, 0.3) is 5.91 Å². The fourth-order valence-corrected chi connectivity index (χ4v) is 1.93. The normalized spacial score (nSPS) is 10.2. The van der Waals surface area contributed by atoms with E-state index in [1.54, 1.807) is 18.2 Å². The predicted molar refractivity (Wildman–Crippen MR) is 82.9 cm³/mol. The van der Waals surface area contributed by atoms with Gasteiger partial charge in [-0.1, -0.05) is 6.07 Å². The van der Waals surface area contributed by atoms with Crippen molar-refractivity contribution in [3.8, 4) is 11.8 Å². The van der Waals surface area contributed by atoms with E-state index >= 15 is 0 Å². The summed E-state index contributed by atoms with van der Waals surface area (Å²) in [5.41, 5.74) is -0.0233. The number of amides is 1. The van der Waals surface area contributed by atoms with E-state index in [4.69, 9.17) is 4.74 Å². The first-order valence-electron chi connectivity index (χ1n) is 6.93. The lowest BCUT2D eigenvalue weighted by Crippen LogP contribution is -2.13.